The average Bonchev–Trinajstić information content (AvgIpc) is 2.38. The molecule has 0 aromatic heterocycles. The molecule has 0 bridgehead atoms. The van der Waals surface area contributed by atoms with E-state index in [4.69, 9.17) is 16.3 Å². The van der Waals surface area contributed by atoms with Gasteiger partial charge in [0.25, 0.3) is 0 Å². The maximum Gasteiger partial charge on any atom is 0.309 e. The lowest BCUT2D eigenvalue weighted by Gasteiger charge is -2.17. The van der Waals surface area contributed by atoms with Gasteiger partial charge in [-0.1, -0.05) is 37.2 Å². The first-order chi connectivity index (χ1) is 8.95. The molecule has 0 fully saturated rings. The van der Waals surface area contributed by atoms with Gasteiger partial charge in [-0.3, -0.25) is 9.59 Å². The molecule has 0 aliphatic carbocycles. The minimum atomic E-state index is -0.318. The largest absolute Gasteiger partial charge is 0.466 e. The van der Waals surface area contributed by atoms with Gasteiger partial charge in [0.05, 0.1) is 12.5 Å². The Morgan fingerprint density at radius 1 is 1.26 bits per heavy atom. The second-order valence-electron chi connectivity index (χ2n) is 4.16. The fraction of sp³-hybridized carbons (Fsp3) is 0.429. The molecule has 0 saturated heterocycles. The molecule has 0 spiro atoms. The van der Waals surface area contributed by atoms with Gasteiger partial charge in [-0.05, 0) is 31.2 Å². The van der Waals surface area contributed by atoms with Crippen LogP contribution in [0.2, 0.25) is 5.02 Å². The average molecular weight is 301 g/mol. The van der Waals surface area contributed by atoms with Crippen molar-refractivity contribution in [3.05, 3.63) is 34.9 Å². The summed E-state index contributed by atoms with van der Waals surface area (Å²) in [6.45, 7) is 5.73. The molecule has 104 valence electrons. The summed E-state index contributed by atoms with van der Waals surface area (Å²) < 4.78 is 4.95. The standard InChI is InChI=1S/C14H17ClO3S/c1-4-18-13(16)9(2)10(3)19-14(17)11-5-7-12(15)8-6-11/h5-10H,4H2,1-3H3. The van der Waals surface area contributed by atoms with Gasteiger partial charge < -0.3 is 4.74 Å². The monoisotopic (exact) mass is 300 g/mol. The SMILES string of the molecule is CCOC(=O)C(C)C(C)SC(=O)c1ccc(Cl)cc1. The molecular weight excluding hydrogens is 284 g/mol. The third kappa shape index (κ3) is 4.88. The zero-order valence-corrected chi connectivity index (χ0v) is 12.8. The van der Waals surface area contributed by atoms with Crippen molar-refractivity contribution < 1.29 is 14.3 Å². The summed E-state index contributed by atoms with van der Waals surface area (Å²) in [4.78, 5) is 23.6. The number of carbonyl (C=O) groups is 2. The number of esters is 1. The number of hydrogen-bond donors (Lipinski definition) is 0. The summed E-state index contributed by atoms with van der Waals surface area (Å²) in [5, 5.41) is 0.386. The molecule has 3 nitrogen and oxygen atoms in total. The third-order valence-electron chi connectivity index (χ3n) is 2.74. The molecule has 0 radical (unpaired) electrons. The molecule has 5 heteroatoms. The van der Waals surface area contributed by atoms with E-state index in [2.05, 4.69) is 0 Å². The van der Waals surface area contributed by atoms with E-state index >= 15 is 0 Å². The van der Waals surface area contributed by atoms with E-state index in [-0.39, 0.29) is 22.3 Å². The Bertz CT molecular complexity index is 445. The second kappa shape index (κ2) is 7.56. The van der Waals surface area contributed by atoms with Crippen molar-refractivity contribution in [3.8, 4) is 0 Å². The van der Waals surface area contributed by atoms with Crippen LogP contribution in [0.15, 0.2) is 24.3 Å². The number of halogens is 1. The molecule has 2 unspecified atom stereocenters. The van der Waals surface area contributed by atoms with Crippen LogP contribution in [0.4, 0.5) is 0 Å². The molecule has 0 saturated carbocycles. The topological polar surface area (TPSA) is 43.4 Å². The van der Waals surface area contributed by atoms with E-state index in [0.717, 1.165) is 11.8 Å². The summed E-state index contributed by atoms with van der Waals surface area (Å²) in [6.07, 6.45) is 0. The van der Waals surface area contributed by atoms with Crippen LogP contribution in [0, 0.1) is 5.92 Å². The van der Waals surface area contributed by atoms with Gasteiger partial charge >= 0.3 is 5.97 Å². The number of hydrogen-bond acceptors (Lipinski definition) is 4. The summed E-state index contributed by atoms with van der Waals surface area (Å²) in [6, 6.07) is 6.71. The lowest BCUT2D eigenvalue weighted by atomic mass is 10.1. The first-order valence-corrected chi connectivity index (χ1v) is 7.34. The number of carbonyl (C=O) groups excluding carboxylic acids is 2. The van der Waals surface area contributed by atoms with Crippen LogP contribution in [0.1, 0.15) is 31.1 Å². The van der Waals surface area contributed by atoms with Crippen LogP contribution in [-0.2, 0) is 9.53 Å². The quantitative estimate of drug-likeness (QED) is 0.776. The molecule has 1 rings (SSSR count). The molecule has 1 aromatic carbocycles. The fourth-order valence-corrected chi connectivity index (χ4v) is 2.44. The smallest absolute Gasteiger partial charge is 0.309 e. The second-order valence-corrected chi connectivity index (χ2v) is 5.94. The Morgan fingerprint density at radius 2 is 1.84 bits per heavy atom. The van der Waals surface area contributed by atoms with E-state index < -0.39 is 0 Å². The van der Waals surface area contributed by atoms with Crippen LogP contribution < -0.4 is 0 Å². The molecule has 19 heavy (non-hydrogen) atoms. The van der Waals surface area contributed by atoms with Gasteiger partial charge in [-0.2, -0.15) is 0 Å². The predicted octanol–water partition coefficient (Wildman–Crippen LogP) is 3.80. The van der Waals surface area contributed by atoms with Crippen LogP contribution >= 0.6 is 23.4 Å². The normalized spacial score (nSPS) is 13.7. The van der Waals surface area contributed by atoms with E-state index in [1.165, 1.54) is 0 Å². The van der Waals surface area contributed by atoms with Crippen molar-refractivity contribution in [3.63, 3.8) is 0 Å². The van der Waals surface area contributed by atoms with Crippen LogP contribution in [0.3, 0.4) is 0 Å². The Morgan fingerprint density at radius 3 is 2.37 bits per heavy atom. The first kappa shape index (κ1) is 16.1. The maximum atomic E-state index is 12.0. The molecule has 0 N–H and O–H groups in total. The first-order valence-electron chi connectivity index (χ1n) is 6.09. The number of thioether (sulfide) groups is 1. The van der Waals surface area contributed by atoms with E-state index in [1.54, 1.807) is 38.1 Å². The van der Waals surface area contributed by atoms with E-state index in [9.17, 15) is 9.59 Å². The Kier molecular flexibility index (Phi) is 6.38. The number of benzene rings is 1. The molecule has 0 amide bonds. The van der Waals surface area contributed by atoms with Crippen molar-refractivity contribution in [1.29, 1.82) is 0 Å². The minimum absolute atomic E-state index is 0.0692. The van der Waals surface area contributed by atoms with Crippen LogP contribution in [0.5, 0.6) is 0 Å². The molecular formula is C14H17ClO3S. The van der Waals surface area contributed by atoms with Gasteiger partial charge in [-0.15, -0.1) is 0 Å². The molecule has 0 aliphatic rings. The lowest BCUT2D eigenvalue weighted by Crippen LogP contribution is -2.24. The highest BCUT2D eigenvalue weighted by Crippen LogP contribution is 2.25. The fourth-order valence-electron chi connectivity index (χ4n) is 1.39. The Hall–Kier alpha value is -1.00. The van der Waals surface area contributed by atoms with E-state index in [0.29, 0.717) is 17.2 Å². The molecule has 0 heterocycles. The van der Waals surface area contributed by atoms with Crippen molar-refractivity contribution in [2.45, 2.75) is 26.0 Å². The minimum Gasteiger partial charge on any atom is -0.466 e. The van der Waals surface area contributed by atoms with Gasteiger partial charge in [0.2, 0.25) is 5.12 Å². The van der Waals surface area contributed by atoms with Gasteiger partial charge in [-0.25, -0.2) is 0 Å². The predicted molar refractivity (Wildman–Crippen MR) is 78.6 cm³/mol. The molecule has 0 aliphatic heterocycles. The third-order valence-corrected chi connectivity index (χ3v) is 4.22. The van der Waals surface area contributed by atoms with Gasteiger partial charge in [0, 0.05) is 15.8 Å². The Balaban J connectivity index is 2.61. The highest BCUT2D eigenvalue weighted by atomic mass is 35.5. The lowest BCUT2D eigenvalue weighted by molar-refractivity contribution is -0.147. The highest BCUT2D eigenvalue weighted by Gasteiger charge is 2.24. The Labute approximate surface area is 122 Å². The van der Waals surface area contributed by atoms with Crippen molar-refractivity contribution in [2.24, 2.45) is 5.92 Å². The molecule has 1 aromatic rings. The zero-order chi connectivity index (χ0) is 14.4. The number of rotatable bonds is 5. The maximum absolute atomic E-state index is 12.0. The van der Waals surface area contributed by atoms with Crippen molar-refractivity contribution in [1.82, 2.24) is 0 Å². The van der Waals surface area contributed by atoms with Gasteiger partial charge in [0.15, 0.2) is 0 Å². The van der Waals surface area contributed by atoms with E-state index in [1.807, 2.05) is 6.92 Å². The van der Waals surface area contributed by atoms with Crippen LogP contribution in [-0.4, -0.2) is 22.9 Å². The summed E-state index contributed by atoms with van der Waals surface area (Å²) >= 11 is 6.91. The molecule has 2 atom stereocenters. The van der Waals surface area contributed by atoms with Crippen molar-refractivity contribution >= 4 is 34.4 Å². The van der Waals surface area contributed by atoms with Crippen molar-refractivity contribution in [2.75, 3.05) is 6.61 Å². The summed E-state index contributed by atoms with van der Waals surface area (Å²) in [5.41, 5.74) is 0.581. The van der Waals surface area contributed by atoms with Crippen LogP contribution in [0.25, 0.3) is 0 Å². The summed E-state index contributed by atoms with van der Waals surface area (Å²) in [7, 11) is 0. The highest BCUT2D eigenvalue weighted by molar-refractivity contribution is 8.14. The number of ether oxygens (including phenoxy) is 1. The van der Waals surface area contributed by atoms with Gasteiger partial charge in [0.1, 0.15) is 0 Å². The zero-order valence-electron chi connectivity index (χ0n) is 11.2. The summed E-state index contributed by atoms with van der Waals surface area (Å²) in [5.74, 6) is -0.590.